The van der Waals surface area contributed by atoms with Crippen LogP contribution < -0.4 is 0 Å². The molecule has 6 atom stereocenters. The second-order valence-corrected chi connectivity index (χ2v) is 14.3. The first kappa shape index (κ1) is 37.0. The Kier molecular flexibility index (Phi) is 25.0. The van der Waals surface area contributed by atoms with Gasteiger partial charge in [0.25, 0.3) is 0 Å². The minimum atomic E-state index is 0.927. The summed E-state index contributed by atoms with van der Waals surface area (Å²) in [6.07, 6.45) is 30.3. The third-order valence-corrected chi connectivity index (χ3v) is 10.1. The lowest BCUT2D eigenvalue weighted by Crippen LogP contribution is -2.03. The summed E-state index contributed by atoms with van der Waals surface area (Å²) in [6.45, 7) is 22.0. The Morgan fingerprint density at radius 1 is 0.270 bits per heavy atom. The molecule has 0 fully saturated rings. The first-order valence-electron chi connectivity index (χ1n) is 17.7. The van der Waals surface area contributed by atoms with E-state index in [4.69, 9.17) is 0 Å². The van der Waals surface area contributed by atoms with Crippen molar-refractivity contribution >= 4 is 0 Å². The molecular weight excluding hydrogens is 444 g/mol. The highest BCUT2D eigenvalue weighted by atomic mass is 14.2. The summed E-state index contributed by atoms with van der Waals surface area (Å²) in [5.74, 6) is 6.57. The molecule has 0 aromatic rings. The average Bonchev–Trinajstić information content (AvgIpc) is 2.86. The molecule has 0 bridgehead atoms. The molecule has 0 nitrogen and oxygen atoms in total. The molecule has 0 aliphatic heterocycles. The molecule has 0 saturated heterocycles. The highest BCUT2D eigenvalue weighted by molar-refractivity contribution is 4.64. The van der Waals surface area contributed by atoms with Gasteiger partial charge in [-0.3, -0.25) is 0 Å². The topological polar surface area (TPSA) is 0 Å². The van der Waals surface area contributed by atoms with Crippen molar-refractivity contribution < 1.29 is 0 Å². The molecule has 0 aliphatic rings. The molecule has 0 spiro atoms. The molecule has 6 unspecified atom stereocenters. The Bertz CT molecular complexity index is 449. The summed E-state index contributed by atoms with van der Waals surface area (Å²) in [4.78, 5) is 0. The molecule has 37 heavy (non-hydrogen) atoms. The van der Waals surface area contributed by atoms with E-state index in [1.165, 1.54) is 135 Å². The zero-order valence-corrected chi connectivity index (χ0v) is 27.9. The van der Waals surface area contributed by atoms with Gasteiger partial charge in [0.2, 0.25) is 0 Å². The highest BCUT2D eigenvalue weighted by Gasteiger charge is 2.11. The van der Waals surface area contributed by atoms with Crippen molar-refractivity contribution in [2.24, 2.45) is 41.4 Å². The van der Waals surface area contributed by atoms with Crippen LogP contribution in [0.25, 0.3) is 0 Å². The Morgan fingerprint density at radius 3 is 0.703 bits per heavy atom. The second-order valence-electron chi connectivity index (χ2n) is 14.3. The van der Waals surface area contributed by atoms with E-state index in [-0.39, 0.29) is 0 Å². The lowest BCUT2D eigenvalue weighted by Gasteiger charge is -2.18. The van der Waals surface area contributed by atoms with Crippen molar-refractivity contribution in [3.05, 3.63) is 0 Å². The Labute approximate surface area is 238 Å². The van der Waals surface area contributed by atoms with Gasteiger partial charge in [0, 0.05) is 0 Å². The molecule has 0 aromatic carbocycles. The summed E-state index contributed by atoms with van der Waals surface area (Å²) >= 11 is 0. The third-order valence-electron chi connectivity index (χ3n) is 10.1. The van der Waals surface area contributed by atoms with Crippen LogP contribution in [-0.4, -0.2) is 0 Å². The van der Waals surface area contributed by atoms with Gasteiger partial charge in [-0.2, -0.15) is 0 Å². The van der Waals surface area contributed by atoms with Crippen molar-refractivity contribution in [3.8, 4) is 0 Å². The highest BCUT2D eigenvalue weighted by Crippen LogP contribution is 2.26. The summed E-state index contributed by atoms with van der Waals surface area (Å²) in [5.41, 5.74) is 0. The molecule has 0 amide bonds. The summed E-state index contributed by atoms with van der Waals surface area (Å²) in [7, 11) is 0. The van der Waals surface area contributed by atoms with Crippen molar-refractivity contribution in [3.63, 3.8) is 0 Å². The summed E-state index contributed by atoms with van der Waals surface area (Å²) in [5, 5.41) is 0. The van der Waals surface area contributed by atoms with Crippen LogP contribution in [0.5, 0.6) is 0 Å². The molecule has 0 rings (SSSR count). The zero-order chi connectivity index (χ0) is 27.9. The lowest BCUT2D eigenvalue weighted by molar-refractivity contribution is 0.354. The van der Waals surface area contributed by atoms with Crippen LogP contribution in [-0.2, 0) is 0 Å². The van der Waals surface area contributed by atoms with Gasteiger partial charge in [-0.05, 0) is 41.4 Å². The Hall–Kier alpha value is 0. The molecule has 0 heteroatoms. The fourth-order valence-electron chi connectivity index (χ4n) is 6.45. The molecule has 0 heterocycles. The summed E-state index contributed by atoms with van der Waals surface area (Å²) in [6, 6.07) is 0. The van der Waals surface area contributed by atoms with Crippen LogP contribution in [0.3, 0.4) is 0 Å². The standard InChI is InChI=1S/C37H76/c1-10-31(4)19-13-20-32(5)21-14-22-33(6)23-15-24-34(7)25-16-26-35(8)27-17-28-36(9)29-18-30-37(11-2)12-3/h31-37H,10-30H2,1-9H3. The van der Waals surface area contributed by atoms with Gasteiger partial charge in [0.05, 0.1) is 0 Å². The van der Waals surface area contributed by atoms with E-state index < -0.39 is 0 Å². The summed E-state index contributed by atoms with van der Waals surface area (Å²) < 4.78 is 0. The second kappa shape index (κ2) is 25.0. The zero-order valence-electron chi connectivity index (χ0n) is 27.9. The first-order valence-corrected chi connectivity index (χ1v) is 17.7. The molecule has 224 valence electrons. The third kappa shape index (κ3) is 23.6. The first-order chi connectivity index (χ1) is 17.7. The van der Waals surface area contributed by atoms with Crippen LogP contribution in [0.1, 0.15) is 197 Å². The van der Waals surface area contributed by atoms with Crippen LogP contribution in [0, 0.1) is 41.4 Å². The number of rotatable bonds is 27. The minimum Gasteiger partial charge on any atom is -0.0651 e. The van der Waals surface area contributed by atoms with Crippen LogP contribution in [0.15, 0.2) is 0 Å². The normalized spacial score (nSPS) is 17.0. The van der Waals surface area contributed by atoms with E-state index in [0.29, 0.717) is 0 Å². The van der Waals surface area contributed by atoms with Gasteiger partial charge in [-0.1, -0.05) is 197 Å². The van der Waals surface area contributed by atoms with Gasteiger partial charge in [0.1, 0.15) is 0 Å². The molecule has 0 saturated carbocycles. The molecule has 0 N–H and O–H groups in total. The van der Waals surface area contributed by atoms with Crippen LogP contribution in [0.4, 0.5) is 0 Å². The van der Waals surface area contributed by atoms with E-state index in [1.54, 1.807) is 0 Å². The van der Waals surface area contributed by atoms with Crippen molar-refractivity contribution in [2.45, 2.75) is 197 Å². The number of hydrogen-bond donors (Lipinski definition) is 0. The number of hydrogen-bond acceptors (Lipinski definition) is 0. The van der Waals surface area contributed by atoms with Crippen LogP contribution >= 0.6 is 0 Å². The predicted molar refractivity (Wildman–Crippen MR) is 172 cm³/mol. The lowest BCUT2D eigenvalue weighted by atomic mass is 9.88. The van der Waals surface area contributed by atoms with E-state index in [1.807, 2.05) is 0 Å². The van der Waals surface area contributed by atoms with Crippen molar-refractivity contribution in [1.82, 2.24) is 0 Å². The quantitative estimate of drug-likeness (QED) is 0.101. The van der Waals surface area contributed by atoms with E-state index in [2.05, 4.69) is 62.3 Å². The maximum atomic E-state index is 2.51. The maximum absolute atomic E-state index is 2.51. The van der Waals surface area contributed by atoms with Crippen molar-refractivity contribution in [2.75, 3.05) is 0 Å². The van der Waals surface area contributed by atoms with E-state index >= 15 is 0 Å². The van der Waals surface area contributed by atoms with Gasteiger partial charge in [0.15, 0.2) is 0 Å². The maximum Gasteiger partial charge on any atom is -0.0420 e. The molecule has 0 radical (unpaired) electrons. The monoisotopic (exact) mass is 521 g/mol. The Balaban J connectivity index is 3.66. The predicted octanol–water partition coefficient (Wildman–Crippen LogP) is 13.7. The van der Waals surface area contributed by atoms with Gasteiger partial charge < -0.3 is 0 Å². The smallest absolute Gasteiger partial charge is 0.0420 e. The average molecular weight is 521 g/mol. The molecule has 0 aromatic heterocycles. The van der Waals surface area contributed by atoms with Gasteiger partial charge in [-0.15, -0.1) is 0 Å². The Morgan fingerprint density at radius 2 is 0.486 bits per heavy atom. The fourth-order valence-corrected chi connectivity index (χ4v) is 6.45. The van der Waals surface area contributed by atoms with Gasteiger partial charge >= 0.3 is 0 Å². The molecular formula is C37H76. The fraction of sp³-hybridized carbons (Fsp3) is 1.00. The van der Waals surface area contributed by atoms with Crippen LogP contribution in [0.2, 0.25) is 0 Å². The minimum absolute atomic E-state index is 0.927. The van der Waals surface area contributed by atoms with E-state index in [0.717, 1.165) is 41.4 Å². The molecule has 0 aliphatic carbocycles. The van der Waals surface area contributed by atoms with Gasteiger partial charge in [-0.25, -0.2) is 0 Å². The van der Waals surface area contributed by atoms with Crippen molar-refractivity contribution in [1.29, 1.82) is 0 Å². The SMILES string of the molecule is CCC(C)CCCC(C)CCCC(C)CCCC(C)CCCC(C)CCCC(C)CCCC(CC)CC. The largest absolute Gasteiger partial charge is 0.0651 e. The van der Waals surface area contributed by atoms with E-state index in [9.17, 15) is 0 Å².